The highest BCUT2D eigenvalue weighted by molar-refractivity contribution is 6.08. The zero-order chi connectivity index (χ0) is 22.0. The summed E-state index contributed by atoms with van der Waals surface area (Å²) in [6.45, 7) is 0. The van der Waals surface area contributed by atoms with Crippen LogP contribution in [0.2, 0.25) is 0 Å². The van der Waals surface area contributed by atoms with Crippen molar-refractivity contribution in [1.82, 2.24) is 4.98 Å². The second-order valence-corrected chi connectivity index (χ2v) is 6.57. The van der Waals surface area contributed by atoms with E-state index in [4.69, 9.17) is 10.2 Å². The number of anilines is 1. The van der Waals surface area contributed by atoms with E-state index in [0.29, 0.717) is 5.56 Å². The Morgan fingerprint density at radius 2 is 1.58 bits per heavy atom. The molecule has 0 fully saturated rings. The number of benzene rings is 3. The molecule has 0 atom stereocenters. The maximum absolute atomic E-state index is 14.0. The fourth-order valence-electron chi connectivity index (χ4n) is 3.04. The van der Waals surface area contributed by atoms with Crippen LogP contribution in [0.5, 0.6) is 0 Å². The van der Waals surface area contributed by atoms with Gasteiger partial charge >= 0.3 is 0 Å². The Balaban J connectivity index is 1.65. The van der Waals surface area contributed by atoms with E-state index in [0.717, 1.165) is 12.1 Å². The van der Waals surface area contributed by atoms with Gasteiger partial charge in [-0.1, -0.05) is 24.3 Å². The molecule has 0 unspecified atom stereocenters. The Morgan fingerprint density at radius 3 is 2.32 bits per heavy atom. The third-order valence-corrected chi connectivity index (χ3v) is 4.54. The van der Waals surface area contributed by atoms with Gasteiger partial charge in [0.1, 0.15) is 11.6 Å². The van der Waals surface area contributed by atoms with Crippen molar-refractivity contribution < 1.29 is 22.8 Å². The number of aromatic nitrogens is 1. The van der Waals surface area contributed by atoms with Crippen LogP contribution in [-0.2, 0) is 0 Å². The molecule has 0 aliphatic rings. The second kappa shape index (κ2) is 8.19. The van der Waals surface area contributed by atoms with Gasteiger partial charge in [0.2, 0.25) is 5.89 Å². The van der Waals surface area contributed by atoms with Crippen LogP contribution in [0.15, 0.2) is 77.3 Å². The predicted octanol–water partition coefficient (Wildman–Crippen LogP) is 4.64. The summed E-state index contributed by atoms with van der Waals surface area (Å²) in [5.41, 5.74) is 5.83. The molecule has 0 spiro atoms. The first kappa shape index (κ1) is 20.0. The number of oxazole rings is 1. The molecule has 4 rings (SSSR count). The summed E-state index contributed by atoms with van der Waals surface area (Å²) in [5, 5.41) is 2.60. The van der Waals surface area contributed by atoms with Crippen molar-refractivity contribution in [2.24, 2.45) is 5.73 Å². The first-order valence-corrected chi connectivity index (χ1v) is 9.15. The van der Waals surface area contributed by atoms with Crippen molar-refractivity contribution in [3.05, 3.63) is 95.7 Å². The van der Waals surface area contributed by atoms with Crippen LogP contribution in [-0.4, -0.2) is 16.8 Å². The molecule has 2 amide bonds. The van der Waals surface area contributed by atoms with Gasteiger partial charge in [-0.3, -0.25) is 9.59 Å². The third kappa shape index (κ3) is 4.04. The van der Waals surface area contributed by atoms with Gasteiger partial charge in [-0.25, -0.2) is 13.8 Å². The van der Waals surface area contributed by atoms with E-state index >= 15 is 0 Å². The van der Waals surface area contributed by atoms with Crippen LogP contribution >= 0.6 is 0 Å². The summed E-state index contributed by atoms with van der Waals surface area (Å²) < 4.78 is 33.4. The Bertz CT molecular complexity index is 1300. The number of halogens is 2. The van der Waals surface area contributed by atoms with E-state index in [1.807, 2.05) is 0 Å². The number of carbonyl (C=O) groups is 2. The van der Waals surface area contributed by atoms with Gasteiger partial charge in [-0.15, -0.1) is 0 Å². The Morgan fingerprint density at radius 1 is 0.871 bits per heavy atom. The maximum Gasteiger partial charge on any atom is 0.256 e. The lowest BCUT2D eigenvalue weighted by Gasteiger charge is -2.09. The summed E-state index contributed by atoms with van der Waals surface area (Å²) >= 11 is 0. The summed E-state index contributed by atoms with van der Waals surface area (Å²) in [6, 6.07) is 16.1. The number of nitrogens with zero attached hydrogens (tertiary/aromatic N) is 1. The minimum Gasteiger partial charge on any atom is -0.436 e. The van der Waals surface area contributed by atoms with Gasteiger partial charge in [0.05, 0.1) is 22.9 Å². The third-order valence-electron chi connectivity index (χ3n) is 4.54. The molecular weight excluding hydrogens is 404 g/mol. The minimum atomic E-state index is -0.950. The normalized spacial score (nSPS) is 10.6. The van der Waals surface area contributed by atoms with Gasteiger partial charge in [0, 0.05) is 11.3 Å². The van der Waals surface area contributed by atoms with Gasteiger partial charge < -0.3 is 15.5 Å². The van der Waals surface area contributed by atoms with Crippen molar-refractivity contribution >= 4 is 17.5 Å². The molecule has 6 nitrogen and oxygen atoms in total. The van der Waals surface area contributed by atoms with Gasteiger partial charge in [0.25, 0.3) is 11.8 Å². The molecule has 154 valence electrons. The molecule has 1 heterocycles. The Kier molecular flexibility index (Phi) is 5.28. The molecule has 8 heteroatoms. The van der Waals surface area contributed by atoms with Gasteiger partial charge in [0.15, 0.2) is 5.76 Å². The minimum absolute atomic E-state index is 0.126. The molecule has 4 aromatic rings. The van der Waals surface area contributed by atoms with Crippen LogP contribution in [0.1, 0.15) is 20.7 Å². The predicted molar refractivity (Wildman–Crippen MR) is 110 cm³/mol. The van der Waals surface area contributed by atoms with E-state index in [9.17, 15) is 18.4 Å². The highest BCUT2D eigenvalue weighted by Gasteiger charge is 2.19. The van der Waals surface area contributed by atoms with Crippen molar-refractivity contribution in [3.63, 3.8) is 0 Å². The Labute approximate surface area is 175 Å². The standard InChI is InChI=1S/C23H15F2N3O3/c24-18-8-4-3-7-16(18)20-12-27-23(31-20)15-6-2-1-5-14(15)22(30)28-13-9-10-19(25)17(11-13)21(26)29/h1-12H,(H2,26,29)(H,28,30). The summed E-state index contributed by atoms with van der Waals surface area (Å²) in [7, 11) is 0. The number of nitrogens with two attached hydrogens (primary N) is 1. The fraction of sp³-hybridized carbons (Fsp3) is 0. The molecular formula is C23H15F2N3O3. The lowest BCUT2D eigenvalue weighted by Crippen LogP contribution is -2.16. The van der Waals surface area contributed by atoms with Crippen molar-refractivity contribution in [1.29, 1.82) is 0 Å². The maximum atomic E-state index is 14.0. The monoisotopic (exact) mass is 419 g/mol. The average Bonchev–Trinajstić information content (AvgIpc) is 3.25. The number of amides is 2. The van der Waals surface area contributed by atoms with Gasteiger partial charge in [-0.05, 0) is 42.5 Å². The zero-order valence-electron chi connectivity index (χ0n) is 15.9. The molecule has 31 heavy (non-hydrogen) atoms. The number of primary amides is 1. The second-order valence-electron chi connectivity index (χ2n) is 6.57. The topological polar surface area (TPSA) is 98.2 Å². The summed E-state index contributed by atoms with van der Waals surface area (Å²) in [6.07, 6.45) is 1.38. The van der Waals surface area contributed by atoms with E-state index in [2.05, 4.69) is 10.3 Å². The average molecular weight is 419 g/mol. The van der Waals surface area contributed by atoms with E-state index < -0.39 is 23.4 Å². The lowest BCUT2D eigenvalue weighted by molar-refractivity contribution is 0.0992. The first-order valence-electron chi connectivity index (χ1n) is 9.15. The van der Waals surface area contributed by atoms with Gasteiger partial charge in [-0.2, -0.15) is 0 Å². The number of rotatable bonds is 5. The van der Waals surface area contributed by atoms with Crippen molar-refractivity contribution in [2.45, 2.75) is 0 Å². The Hall–Kier alpha value is -4.33. The smallest absolute Gasteiger partial charge is 0.256 e. The van der Waals surface area contributed by atoms with Crippen LogP contribution in [0.4, 0.5) is 14.5 Å². The first-order chi connectivity index (χ1) is 14.9. The molecule has 0 radical (unpaired) electrons. The largest absolute Gasteiger partial charge is 0.436 e. The fourth-order valence-corrected chi connectivity index (χ4v) is 3.04. The molecule has 0 saturated carbocycles. The number of carbonyl (C=O) groups excluding carboxylic acids is 2. The van der Waals surface area contributed by atoms with Crippen molar-refractivity contribution in [3.8, 4) is 22.8 Å². The molecule has 0 saturated heterocycles. The SMILES string of the molecule is NC(=O)c1cc(NC(=O)c2ccccc2-c2ncc(-c3ccccc3F)o2)ccc1F. The van der Waals surface area contributed by atoms with Crippen LogP contribution < -0.4 is 11.1 Å². The van der Waals surface area contributed by atoms with E-state index in [-0.39, 0.29) is 34.0 Å². The highest BCUT2D eigenvalue weighted by Crippen LogP contribution is 2.30. The molecule has 3 N–H and O–H groups in total. The lowest BCUT2D eigenvalue weighted by atomic mass is 10.1. The van der Waals surface area contributed by atoms with Crippen molar-refractivity contribution in [2.75, 3.05) is 5.32 Å². The summed E-state index contributed by atoms with van der Waals surface area (Å²) in [5.74, 6) is -2.39. The highest BCUT2D eigenvalue weighted by atomic mass is 19.1. The molecule has 3 aromatic carbocycles. The van der Waals surface area contributed by atoms with E-state index in [1.54, 1.807) is 42.5 Å². The zero-order valence-corrected chi connectivity index (χ0v) is 15.9. The quantitative estimate of drug-likeness (QED) is 0.492. The molecule has 1 aromatic heterocycles. The molecule has 0 bridgehead atoms. The molecule has 0 aliphatic heterocycles. The van der Waals surface area contributed by atoms with Crippen LogP contribution in [0, 0.1) is 11.6 Å². The number of hydrogen-bond acceptors (Lipinski definition) is 4. The number of hydrogen-bond donors (Lipinski definition) is 2. The van der Waals surface area contributed by atoms with E-state index in [1.165, 1.54) is 18.3 Å². The van der Waals surface area contributed by atoms with Crippen LogP contribution in [0.25, 0.3) is 22.8 Å². The summed E-state index contributed by atoms with van der Waals surface area (Å²) in [4.78, 5) is 28.4. The number of nitrogens with one attached hydrogen (secondary N) is 1. The van der Waals surface area contributed by atoms with Crippen LogP contribution in [0.3, 0.4) is 0 Å². The molecule has 0 aliphatic carbocycles.